The molecule has 2 aromatic rings. The number of amides is 1. The third-order valence-electron chi connectivity index (χ3n) is 2.96. The van der Waals surface area contributed by atoms with Gasteiger partial charge in [-0.25, -0.2) is 0 Å². The van der Waals surface area contributed by atoms with Crippen LogP contribution >= 0.6 is 23.6 Å². The Labute approximate surface area is 113 Å². The molecular formula is C12H12N2O2S2. The summed E-state index contributed by atoms with van der Waals surface area (Å²) < 4.78 is 7.07. The van der Waals surface area contributed by atoms with Crippen molar-refractivity contribution in [1.29, 1.82) is 0 Å². The second-order valence-corrected chi connectivity index (χ2v) is 5.85. The van der Waals surface area contributed by atoms with E-state index in [1.807, 2.05) is 23.1 Å². The number of ether oxygens (including phenoxy) is 1. The molecule has 1 aliphatic heterocycles. The average Bonchev–Trinajstić information content (AvgIpc) is 2.78. The maximum atomic E-state index is 12.3. The molecule has 3 rings (SSSR count). The Morgan fingerprint density at radius 3 is 2.94 bits per heavy atom. The molecule has 1 aliphatic rings. The maximum absolute atomic E-state index is 12.3. The number of carbonyl (C=O) groups excluding carboxylic acids is 1. The van der Waals surface area contributed by atoms with E-state index in [2.05, 4.69) is 4.98 Å². The van der Waals surface area contributed by atoms with Gasteiger partial charge in [0, 0.05) is 18.7 Å². The molecule has 0 aliphatic carbocycles. The first-order valence-electron chi connectivity index (χ1n) is 5.74. The Morgan fingerprint density at radius 2 is 2.17 bits per heavy atom. The van der Waals surface area contributed by atoms with Crippen molar-refractivity contribution in [2.45, 2.75) is 0 Å². The third-order valence-corrected chi connectivity index (χ3v) is 4.18. The van der Waals surface area contributed by atoms with Crippen LogP contribution in [0.2, 0.25) is 0 Å². The fraction of sp³-hybridized carbons (Fsp3) is 0.333. The molecule has 0 bridgehead atoms. The lowest BCUT2D eigenvalue weighted by Gasteiger charge is -2.26. The number of hydrogen-bond donors (Lipinski definition) is 1. The quantitative estimate of drug-likeness (QED) is 0.816. The number of aromatic nitrogens is 1. The standard InChI is InChI=1S/C12H12N2O2S2/c15-11(14-3-5-16-6-4-14)8-1-2-10-9(7-8)13-12(17)18-10/h1-2,7H,3-6H2,(H,13,17). The van der Waals surface area contributed by atoms with E-state index in [1.165, 1.54) is 11.3 Å². The highest BCUT2D eigenvalue weighted by molar-refractivity contribution is 7.73. The first-order valence-corrected chi connectivity index (χ1v) is 6.96. The fourth-order valence-corrected chi connectivity index (χ4v) is 3.13. The number of H-pyrrole nitrogens is 1. The molecule has 0 unspecified atom stereocenters. The largest absolute Gasteiger partial charge is 0.378 e. The Kier molecular flexibility index (Phi) is 3.15. The molecule has 0 radical (unpaired) electrons. The molecule has 1 fully saturated rings. The molecule has 1 amide bonds. The Bertz CT molecular complexity index is 641. The number of fused-ring (bicyclic) bond motifs is 1. The number of benzene rings is 1. The number of hydrogen-bond acceptors (Lipinski definition) is 4. The predicted molar refractivity (Wildman–Crippen MR) is 73.7 cm³/mol. The van der Waals surface area contributed by atoms with E-state index in [-0.39, 0.29) is 5.91 Å². The molecule has 2 heterocycles. The minimum Gasteiger partial charge on any atom is -0.378 e. The number of nitrogens with zero attached hydrogens (tertiary/aromatic N) is 1. The molecule has 1 aromatic heterocycles. The Morgan fingerprint density at radius 1 is 1.39 bits per heavy atom. The molecule has 6 heteroatoms. The highest BCUT2D eigenvalue weighted by Crippen LogP contribution is 2.21. The van der Waals surface area contributed by atoms with Gasteiger partial charge in [-0.2, -0.15) is 0 Å². The molecule has 0 spiro atoms. The van der Waals surface area contributed by atoms with E-state index in [4.69, 9.17) is 17.0 Å². The monoisotopic (exact) mass is 280 g/mol. The molecule has 0 atom stereocenters. The van der Waals surface area contributed by atoms with Gasteiger partial charge in [-0.1, -0.05) is 0 Å². The summed E-state index contributed by atoms with van der Waals surface area (Å²) in [5, 5.41) is 0. The summed E-state index contributed by atoms with van der Waals surface area (Å²) >= 11 is 6.62. The van der Waals surface area contributed by atoms with Crippen molar-refractivity contribution in [1.82, 2.24) is 9.88 Å². The minimum atomic E-state index is 0.0609. The number of morpholine rings is 1. The van der Waals surface area contributed by atoms with Gasteiger partial charge in [0.2, 0.25) is 0 Å². The zero-order valence-electron chi connectivity index (χ0n) is 9.64. The van der Waals surface area contributed by atoms with Crippen LogP contribution in [0.1, 0.15) is 10.4 Å². The molecule has 4 nitrogen and oxygen atoms in total. The van der Waals surface area contributed by atoms with Crippen molar-refractivity contribution >= 4 is 39.7 Å². The number of aromatic amines is 1. The van der Waals surface area contributed by atoms with Gasteiger partial charge in [0.05, 0.1) is 23.4 Å². The van der Waals surface area contributed by atoms with Gasteiger partial charge in [-0.3, -0.25) is 4.79 Å². The second-order valence-electron chi connectivity index (χ2n) is 4.13. The van der Waals surface area contributed by atoms with E-state index in [0.29, 0.717) is 31.9 Å². The molecule has 94 valence electrons. The molecule has 18 heavy (non-hydrogen) atoms. The lowest BCUT2D eigenvalue weighted by atomic mass is 10.2. The van der Waals surface area contributed by atoms with Gasteiger partial charge in [0.1, 0.15) is 0 Å². The number of nitrogens with one attached hydrogen (secondary N) is 1. The SMILES string of the molecule is O=C(c1ccc2sc(=S)[nH]c2c1)N1CCOCC1. The molecule has 1 N–H and O–H groups in total. The summed E-state index contributed by atoms with van der Waals surface area (Å²) in [5.74, 6) is 0.0609. The van der Waals surface area contributed by atoms with Crippen LogP contribution in [-0.4, -0.2) is 42.1 Å². The van der Waals surface area contributed by atoms with Crippen molar-refractivity contribution in [3.63, 3.8) is 0 Å². The lowest BCUT2D eigenvalue weighted by Crippen LogP contribution is -2.40. The van der Waals surface area contributed by atoms with Crippen LogP contribution in [0.25, 0.3) is 10.2 Å². The van der Waals surface area contributed by atoms with Crippen molar-refractivity contribution < 1.29 is 9.53 Å². The lowest BCUT2D eigenvalue weighted by molar-refractivity contribution is 0.0303. The number of thiazole rings is 1. The molecule has 0 saturated carbocycles. The van der Waals surface area contributed by atoms with Crippen molar-refractivity contribution in [2.75, 3.05) is 26.3 Å². The first kappa shape index (κ1) is 11.8. The van der Waals surface area contributed by atoms with Crippen LogP contribution in [0, 0.1) is 3.95 Å². The van der Waals surface area contributed by atoms with E-state index in [9.17, 15) is 4.79 Å². The van der Waals surface area contributed by atoms with E-state index in [0.717, 1.165) is 14.2 Å². The summed E-state index contributed by atoms with van der Waals surface area (Å²) in [7, 11) is 0. The van der Waals surface area contributed by atoms with Crippen LogP contribution in [0.3, 0.4) is 0 Å². The third kappa shape index (κ3) is 2.19. The molecule has 1 saturated heterocycles. The molecule has 1 aromatic carbocycles. The highest BCUT2D eigenvalue weighted by Gasteiger charge is 2.18. The van der Waals surface area contributed by atoms with E-state index in [1.54, 1.807) is 0 Å². The smallest absolute Gasteiger partial charge is 0.254 e. The van der Waals surface area contributed by atoms with Crippen LogP contribution in [0.15, 0.2) is 18.2 Å². The molecular weight excluding hydrogens is 268 g/mol. The maximum Gasteiger partial charge on any atom is 0.254 e. The second kappa shape index (κ2) is 4.79. The van der Waals surface area contributed by atoms with Crippen molar-refractivity contribution in [2.24, 2.45) is 0 Å². The Balaban J connectivity index is 1.92. The summed E-state index contributed by atoms with van der Waals surface area (Å²) in [6.07, 6.45) is 0. The van der Waals surface area contributed by atoms with Crippen LogP contribution < -0.4 is 0 Å². The fourth-order valence-electron chi connectivity index (χ4n) is 2.03. The topological polar surface area (TPSA) is 45.3 Å². The van der Waals surface area contributed by atoms with Crippen molar-refractivity contribution in [3.05, 3.63) is 27.7 Å². The summed E-state index contributed by atoms with van der Waals surface area (Å²) in [4.78, 5) is 17.2. The zero-order chi connectivity index (χ0) is 12.5. The predicted octanol–water partition coefficient (Wildman–Crippen LogP) is 2.43. The average molecular weight is 280 g/mol. The summed E-state index contributed by atoms with van der Waals surface area (Å²) in [6, 6.07) is 5.68. The number of rotatable bonds is 1. The minimum absolute atomic E-state index is 0.0609. The summed E-state index contributed by atoms with van der Waals surface area (Å²) in [5.41, 5.74) is 1.64. The van der Waals surface area contributed by atoms with Gasteiger partial charge in [0.15, 0.2) is 3.95 Å². The van der Waals surface area contributed by atoms with Crippen LogP contribution in [0.4, 0.5) is 0 Å². The van der Waals surface area contributed by atoms with Gasteiger partial charge in [-0.15, -0.1) is 11.3 Å². The van der Waals surface area contributed by atoms with Gasteiger partial charge in [-0.05, 0) is 30.4 Å². The summed E-state index contributed by atoms with van der Waals surface area (Å²) in [6.45, 7) is 2.57. The normalized spacial score (nSPS) is 16.1. The van der Waals surface area contributed by atoms with E-state index < -0.39 is 0 Å². The van der Waals surface area contributed by atoms with Crippen LogP contribution in [-0.2, 0) is 4.74 Å². The van der Waals surface area contributed by atoms with Gasteiger partial charge in [0.25, 0.3) is 5.91 Å². The number of carbonyl (C=O) groups is 1. The van der Waals surface area contributed by atoms with Gasteiger partial charge < -0.3 is 14.6 Å². The highest BCUT2D eigenvalue weighted by atomic mass is 32.1. The Hall–Kier alpha value is -1.24. The van der Waals surface area contributed by atoms with Crippen LogP contribution in [0.5, 0.6) is 0 Å². The first-order chi connectivity index (χ1) is 8.74. The van der Waals surface area contributed by atoms with Crippen molar-refractivity contribution in [3.8, 4) is 0 Å². The van der Waals surface area contributed by atoms with Gasteiger partial charge >= 0.3 is 0 Å². The zero-order valence-corrected chi connectivity index (χ0v) is 11.3. The van der Waals surface area contributed by atoms with E-state index >= 15 is 0 Å².